The Kier molecular flexibility index (Phi) is 4.27. The van der Waals surface area contributed by atoms with Gasteiger partial charge in [0, 0.05) is 19.8 Å². The summed E-state index contributed by atoms with van der Waals surface area (Å²) in [5.74, 6) is -0.213. The number of carbonyl (C=O) groups excluding carboxylic acids is 1. The summed E-state index contributed by atoms with van der Waals surface area (Å²) in [6.45, 7) is 4.25. The van der Waals surface area contributed by atoms with Crippen LogP contribution in [0.3, 0.4) is 0 Å². The Morgan fingerprint density at radius 3 is 2.95 bits per heavy atom. The first-order valence-corrected chi connectivity index (χ1v) is 6.65. The Morgan fingerprint density at radius 2 is 2.26 bits per heavy atom. The second kappa shape index (κ2) is 5.75. The molecule has 0 bridgehead atoms. The minimum Gasteiger partial charge on any atom is -0.397 e. The van der Waals surface area contributed by atoms with E-state index in [2.05, 4.69) is 17.2 Å². The van der Waals surface area contributed by atoms with Crippen LogP contribution in [0, 0.1) is 5.41 Å². The molecule has 0 radical (unpaired) electrons. The van der Waals surface area contributed by atoms with Crippen LogP contribution in [0.4, 0.5) is 5.69 Å². The van der Waals surface area contributed by atoms with Crippen molar-refractivity contribution in [3.8, 4) is 0 Å². The molecule has 2 rings (SSSR count). The standard InChI is InChI=1S/C13H18ClN3O2/c1-13(2-4-19-5-3-13)8-17-12(18)9-6-11(14)16-7-10(9)15/h6-7H,2-5,8,15H2,1H3,(H,17,18). The van der Waals surface area contributed by atoms with E-state index >= 15 is 0 Å². The number of ether oxygens (including phenoxy) is 1. The number of carbonyl (C=O) groups is 1. The zero-order valence-corrected chi connectivity index (χ0v) is 11.7. The van der Waals surface area contributed by atoms with Crippen molar-refractivity contribution in [3.63, 3.8) is 0 Å². The van der Waals surface area contributed by atoms with Crippen LogP contribution in [0.5, 0.6) is 0 Å². The monoisotopic (exact) mass is 283 g/mol. The number of aromatic nitrogens is 1. The smallest absolute Gasteiger partial charge is 0.253 e. The Hall–Kier alpha value is -1.33. The first-order valence-electron chi connectivity index (χ1n) is 6.27. The maximum atomic E-state index is 12.1. The summed E-state index contributed by atoms with van der Waals surface area (Å²) in [5.41, 5.74) is 6.52. The molecular weight excluding hydrogens is 266 g/mol. The van der Waals surface area contributed by atoms with Crippen molar-refractivity contribution in [1.29, 1.82) is 0 Å². The summed E-state index contributed by atoms with van der Waals surface area (Å²) in [4.78, 5) is 15.9. The zero-order valence-electron chi connectivity index (χ0n) is 10.9. The molecule has 1 amide bonds. The van der Waals surface area contributed by atoms with Gasteiger partial charge in [-0.25, -0.2) is 4.98 Å². The number of nitrogen functional groups attached to an aromatic ring is 1. The molecule has 104 valence electrons. The fourth-order valence-corrected chi connectivity index (χ4v) is 2.22. The van der Waals surface area contributed by atoms with Crippen LogP contribution < -0.4 is 11.1 Å². The van der Waals surface area contributed by atoms with E-state index in [0.717, 1.165) is 26.1 Å². The van der Waals surface area contributed by atoms with Gasteiger partial charge in [-0.1, -0.05) is 18.5 Å². The molecule has 1 aliphatic rings. The lowest BCUT2D eigenvalue weighted by Gasteiger charge is -2.33. The molecule has 3 N–H and O–H groups in total. The molecule has 0 saturated carbocycles. The Labute approximate surface area is 117 Å². The number of nitrogens with one attached hydrogen (secondary N) is 1. The third-order valence-corrected chi connectivity index (χ3v) is 3.73. The lowest BCUT2D eigenvalue weighted by molar-refractivity contribution is 0.0238. The van der Waals surface area contributed by atoms with Crippen molar-refractivity contribution in [2.75, 3.05) is 25.5 Å². The third-order valence-electron chi connectivity index (χ3n) is 3.52. The van der Waals surface area contributed by atoms with E-state index in [1.807, 2.05) is 0 Å². The predicted octanol–water partition coefficient (Wildman–Crippen LogP) is 1.86. The molecule has 5 nitrogen and oxygen atoms in total. The largest absolute Gasteiger partial charge is 0.397 e. The highest BCUT2D eigenvalue weighted by Crippen LogP contribution is 2.28. The van der Waals surface area contributed by atoms with Crippen LogP contribution >= 0.6 is 11.6 Å². The van der Waals surface area contributed by atoms with Crippen molar-refractivity contribution >= 4 is 23.2 Å². The van der Waals surface area contributed by atoms with E-state index in [1.54, 1.807) is 0 Å². The second-order valence-electron chi connectivity index (χ2n) is 5.20. The summed E-state index contributed by atoms with van der Waals surface area (Å²) in [6, 6.07) is 1.48. The van der Waals surface area contributed by atoms with Gasteiger partial charge >= 0.3 is 0 Å². The maximum absolute atomic E-state index is 12.1. The summed E-state index contributed by atoms with van der Waals surface area (Å²) >= 11 is 5.77. The molecule has 1 saturated heterocycles. The van der Waals surface area contributed by atoms with Crippen molar-refractivity contribution in [1.82, 2.24) is 10.3 Å². The van der Waals surface area contributed by atoms with E-state index < -0.39 is 0 Å². The van der Waals surface area contributed by atoms with Crippen LogP contribution in [0.25, 0.3) is 0 Å². The van der Waals surface area contributed by atoms with Crippen LogP contribution in [-0.2, 0) is 4.74 Å². The molecule has 1 aromatic rings. The van der Waals surface area contributed by atoms with Gasteiger partial charge in [-0.15, -0.1) is 0 Å². The molecule has 1 aliphatic heterocycles. The summed E-state index contributed by atoms with van der Waals surface area (Å²) < 4.78 is 5.33. The number of nitrogens with two attached hydrogens (primary N) is 1. The van der Waals surface area contributed by atoms with Gasteiger partial charge < -0.3 is 15.8 Å². The highest BCUT2D eigenvalue weighted by Gasteiger charge is 2.28. The summed E-state index contributed by atoms with van der Waals surface area (Å²) in [6.07, 6.45) is 3.28. The van der Waals surface area contributed by atoms with Gasteiger partial charge in [-0.05, 0) is 24.3 Å². The normalized spacial score (nSPS) is 18.0. The second-order valence-corrected chi connectivity index (χ2v) is 5.59. The Morgan fingerprint density at radius 1 is 1.58 bits per heavy atom. The quantitative estimate of drug-likeness (QED) is 0.830. The molecule has 1 fully saturated rings. The maximum Gasteiger partial charge on any atom is 0.253 e. The van der Waals surface area contributed by atoms with Gasteiger partial charge in [0.05, 0.1) is 17.4 Å². The summed E-state index contributed by atoms with van der Waals surface area (Å²) in [5, 5.41) is 3.18. The number of nitrogens with zero attached hydrogens (tertiary/aromatic N) is 1. The highest BCUT2D eigenvalue weighted by atomic mass is 35.5. The Balaban J connectivity index is 1.99. The van der Waals surface area contributed by atoms with E-state index in [-0.39, 0.29) is 16.5 Å². The van der Waals surface area contributed by atoms with Gasteiger partial charge in [-0.3, -0.25) is 4.79 Å². The van der Waals surface area contributed by atoms with Crippen LogP contribution in [0.15, 0.2) is 12.3 Å². The highest BCUT2D eigenvalue weighted by molar-refractivity contribution is 6.29. The van der Waals surface area contributed by atoms with E-state index in [9.17, 15) is 4.79 Å². The number of halogens is 1. The van der Waals surface area contributed by atoms with Gasteiger partial charge in [-0.2, -0.15) is 0 Å². The van der Waals surface area contributed by atoms with Crippen LogP contribution in [0.1, 0.15) is 30.1 Å². The molecule has 0 atom stereocenters. The van der Waals surface area contributed by atoms with Crippen molar-refractivity contribution < 1.29 is 9.53 Å². The third kappa shape index (κ3) is 3.58. The average molecular weight is 284 g/mol. The zero-order chi connectivity index (χ0) is 13.9. The van der Waals surface area contributed by atoms with Crippen molar-refractivity contribution in [3.05, 3.63) is 23.0 Å². The van der Waals surface area contributed by atoms with Crippen molar-refractivity contribution in [2.24, 2.45) is 5.41 Å². The van der Waals surface area contributed by atoms with Crippen LogP contribution in [-0.4, -0.2) is 30.6 Å². The number of hydrogen-bond donors (Lipinski definition) is 2. The minimum absolute atomic E-state index is 0.0828. The fourth-order valence-electron chi connectivity index (χ4n) is 2.07. The lowest BCUT2D eigenvalue weighted by atomic mass is 9.82. The minimum atomic E-state index is -0.213. The number of rotatable bonds is 3. The average Bonchev–Trinajstić information content (AvgIpc) is 2.40. The van der Waals surface area contributed by atoms with Gasteiger partial charge in [0.15, 0.2) is 0 Å². The number of amides is 1. The molecule has 2 heterocycles. The number of pyridine rings is 1. The summed E-state index contributed by atoms with van der Waals surface area (Å²) in [7, 11) is 0. The van der Waals surface area contributed by atoms with Gasteiger partial charge in [0.2, 0.25) is 0 Å². The van der Waals surface area contributed by atoms with Crippen molar-refractivity contribution in [2.45, 2.75) is 19.8 Å². The van der Waals surface area contributed by atoms with E-state index in [4.69, 9.17) is 22.1 Å². The van der Waals surface area contributed by atoms with Gasteiger partial charge in [0.25, 0.3) is 5.91 Å². The molecule has 0 aromatic carbocycles. The molecule has 6 heteroatoms. The molecule has 19 heavy (non-hydrogen) atoms. The van der Waals surface area contributed by atoms with E-state index in [1.165, 1.54) is 12.3 Å². The molecule has 1 aromatic heterocycles. The fraction of sp³-hybridized carbons (Fsp3) is 0.538. The predicted molar refractivity (Wildman–Crippen MR) is 74.2 cm³/mol. The van der Waals surface area contributed by atoms with E-state index in [0.29, 0.717) is 17.8 Å². The first-order chi connectivity index (χ1) is 9.00. The van der Waals surface area contributed by atoms with Crippen LogP contribution in [0.2, 0.25) is 5.15 Å². The lowest BCUT2D eigenvalue weighted by Crippen LogP contribution is -2.39. The first kappa shape index (κ1) is 14.1. The number of anilines is 1. The SMILES string of the molecule is CC1(CNC(=O)c2cc(Cl)ncc2N)CCOCC1. The number of hydrogen-bond acceptors (Lipinski definition) is 4. The molecule has 0 spiro atoms. The molecule has 0 aliphatic carbocycles. The molecular formula is C13H18ClN3O2. The topological polar surface area (TPSA) is 77.2 Å². The van der Waals surface area contributed by atoms with Gasteiger partial charge in [0.1, 0.15) is 5.15 Å². The molecule has 0 unspecified atom stereocenters. The Bertz CT molecular complexity index is 473.